The van der Waals surface area contributed by atoms with Gasteiger partial charge < -0.3 is 10.1 Å². The van der Waals surface area contributed by atoms with Crippen LogP contribution in [0.4, 0.5) is 0 Å². The second-order valence-electron chi connectivity index (χ2n) is 4.15. The molecule has 0 bridgehead atoms. The molecule has 0 aliphatic heterocycles. The molecule has 13 heavy (non-hydrogen) atoms. The first-order valence-electron chi connectivity index (χ1n) is 4.43. The minimum absolute atomic E-state index is 0.0157. The van der Waals surface area contributed by atoms with Crippen molar-refractivity contribution >= 4 is 0 Å². The maximum absolute atomic E-state index is 11.2. The van der Waals surface area contributed by atoms with Crippen molar-refractivity contribution < 1.29 is 5.11 Å². The van der Waals surface area contributed by atoms with Crippen LogP contribution in [-0.4, -0.2) is 15.7 Å². The van der Waals surface area contributed by atoms with E-state index in [2.05, 4.69) is 4.98 Å². The number of aliphatic hydroxyl groups is 1. The van der Waals surface area contributed by atoms with Crippen LogP contribution in [0.15, 0.2) is 17.1 Å². The molecule has 1 aliphatic carbocycles. The van der Waals surface area contributed by atoms with Crippen molar-refractivity contribution in [3.8, 4) is 0 Å². The van der Waals surface area contributed by atoms with Crippen LogP contribution < -0.4 is 5.56 Å². The molecule has 1 heterocycles. The lowest BCUT2D eigenvalue weighted by atomic mass is 9.70. The molecule has 0 amide bonds. The van der Waals surface area contributed by atoms with Crippen molar-refractivity contribution in [3.05, 3.63) is 33.7 Å². The van der Waals surface area contributed by atoms with Crippen LogP contribution in [0.25, 0.3) is 0 Å². The normalized spacial score (nSPS) is 20.7. The first-order valence-corrected chi connectivity index (χ1v) is 4.43. The Labute approximate surface area is 76.4 Å². The van der Waals surface area contributed by atoms with Crippen molar-refractivity contribution in [1.29, 1.82) is 0 Å². The quantitative estimate of drug-likeness (QED) is 0.669. The molecule has 3 heteroatoms. The summed E-state index contributed by atoms with van der Waals surface area (Å²) in [5.74, 6) is 0.116. The zero-order chi connectivity index (χ0) is 9.64. The Morgan fingerprint density at radius 2 is 2.31 bits per heavy atom. The van der Waals surface area contributed by atoms with Gasteiger partial charge in [-0.1, -0.05) is 0 Å². The maximum Gasteiger partial charge on any atom is 0.251 e. The number of hydrogen-bond acceptors (Lipinski definition) is 2. The highest BCUT2D eigenvalue weighted by atomic mass is 16.3. The van der Waals surface area contributed by atoms with E-state index >= 15 is 0 Å². The van der Waals surface area contributed by atoms with Gasteiger partial charge >= 0.3 is 0 Å². The summed E-state index contributed by atoms with van der Waals surface area (Å²) in [6, 6.07) is 1.88. The van der Waals surface area contributed by atoms with Gasteiger partial charge in [0.05, 0.1) is 5.60 Å². The Kier molecular flexibility index (Phi) is 1.60. The number of hydrogen-bond donors (Lipinski definition) is 2. The molecule has 1 aromatic heterocycles. The molecule has 0 saturated carbocycles. The number of aromatic amines is 1. The fourth-order valence-electron chi connectivity index (χ4n) is 1.88. The van der Waals surface area contributed by atoms with Crippen LogP contribution in [0.1, 0.15) is 30.9 Å². The molecule has 0 fully saturated rings. The number of aromatic nitrogens is 1. The summed E-state index contributed by atoms with van der Waals surface area (Å²) in [7, 11) is 0. The van der Waals surface area contributed by atoms with Crippen molar-refractivity contribution in [2.24, 2.45) is 0 Å². The third-order valence-corrected chi connectivity index (χ3v) is 2.74. The van der Waals surface area contributed by atoms with Crippen molar-refractivity contribution in [1.82, 2.24) is 4.98 Å². The smallest absolute Gasteiger partial charge is 0.251 e. The molecule has 1 aromatic rings. The summed E-state index contributed by atoms with van der Waals surface area (Å²) in [5, 5.41) is 9.76. The average Bonchev–Trinajstić information content (AvgIpc) is 1.90. The van der Waals surface area contributed by atoms with Crippen LogP contribution in [0, 0.1) is 0 Å². The van der Waals surface area contributed by atoms with Gasteiger partial charge in [-0.25, -0.2) is 0 Å². The van der Waals surface area contributed by atoms with E-state index in [1.54, 1.807) is 20.0 Å². The largest absolute Gasteiger partial charge is 0.390 e. The van der Waals surface area contributed by atoms with Crippen LogP contribution in [0.5, 0.6) is 0 Å². The monoisotopic (exact) mass is 179 g/mol. The van der Waals surface area contributed by atoms with E-state index in [9.17, 15) is 9.90 Å². The van der Waals surface area contributed by atoms with E-state index < -0.39 is 5.60 Å². The standard InChI is InChI=1S/C10H13NO2/c1-10(2,13)8-5-7-6(8)3-4-11-9(7)12/h3-4,8,13H,5H2,1-2H3,(H,11,12). The van der Waals surface area contributed by atoms with Crippen LogP contribution in [0.3, 0.4) is 0 Å². The van der Waals surface area contributed by atoms with Gasteiger partial charge in [0.2, 0.25) is 0 Å². The molecule has 2 rings (SSSR count). The molecule has 3 nitrogen and oxygen atoms in total. The molecule has 1 aliphatic rings. The zero-order valence-electron chi connectivity index (χ0n) is 7.79. The van der Waals surface area contributed by atoms with E-state index in [4.69, 9.17) is 0 Å². The van der Waals surface area contributed by atoms with Gasteiger partial charge in [0.15, 0.2) is 0 Å². The third kappa shape index (κ3) is 1.20. The fourth-order valence-corrected chi connectivity index (χ4v) is 1.88. The molecular weight excluding hydrogens is 166 g/mol. The highest BCUT2D eigenvalue weighted by molar-refractivity contribution is 5.39. The minimum Gasteiger partial charge on any atom is -0.390 e. The van der Waals surface area contributed by atoms with Crippen LogP contribution >= 0.6 is 0 Å². The van der Waals surface area contributed by atoms with Crippen LogP contribution in [-0.2, 0) is 6.42 Å². The van der Waals surface area contributed by atoms with Crippen molar-refractivity contribution in [3.63, 3.8) is 0 Å². The number of nitrogens with one attached hydrogen (secondary N) is 1. The third-order valence-electron chi connectivity index (χ3n) is 2.74. The van der Waals surface area contributed by atoms with Gasteiger partial charge in [-0.3, -0.25) is 4.79 Å². The Morgan fingerprint density at radius 3 is 2.92 bits per heavy atom. The maximum atomic E-state index is 11.2. The molecule has 1 unspecified atom stereocenters. The summed E-state index contributed by atoms with van der Waals surface area (Å²) in [4.78, 5) is 13.9. The van der Waals surface area contributed by atoms with E-state index in [1.807, 2.05) is 6.07 Å². The summed E-state index contributed by atoms with van der Waals surface area (Å²) in [6.07, 6.45) is 2.33. The Hall–Kier alpha value is -1.09. The number of H-pyrrole nitrogens is 1. The molecule has 0 saturated heterocycles. The first kappa shape index (κ1) is 8.51. The lowest BCUT2D eigenvalue weighted by molar-refractivity contribution is 0.0412. The highest BCUT2D eigenvalue weighted by Gasteiger charge is 2.38. The second kappa shape index (κ2) is 2.45. The molecule has 0 spiro atoms. The topological polar surface area (TPSA) is 53.1 Å². The molecule has 1 atom stereocenters. The predicted molar refractivity (Wildman–Crippen MR) is 49.8 cm³/mol. The lowest BCUT2D eigenvalue weighted by Crippen LogP contribution is -2.40. The van der Waals surface area contributed by atoms with Gasteiger partial charge in [-0.15, -0.1) is 0 Å². The number of rotatable bonds is 1. The van der Waals surface area contributed by atoms with E-state index in [0.717, 1.165) is 11.1 Å². The van der Waals surface area contributed by atoms with E-state index in [0.29, 0.717) is 6.42 Å². The Morgan fingerprint density at radius 1 is 1.62 bits per heavy atom. The summed E-state index contributed by atoms with van der Waals surface area (Å²) in [6.45, 7) is 3.56. The fraction of sp³-hybridized carbons (Fsp3) is 0.500. The SMILES string of the molecule is CC(C)(O)C1Cc2c1cc[nH]c2=O. The molecular formula is C10H13NO2. The van der Waals surface area contributed by atoms with Gasteiger partial charge in [-0.05, 0) is 31.9 Å². The molecule has 2 N–H and O–H groups in total. The Bertz CT molecular complexity index is 387. The summed E-state index contributed by atoms with van der Waals surface area (Å²) in [5.41, 5.74) is 1.09. The van der Waals surface area contributed by atoms with Gasteiger partial charge in [0.1, 0.15) is 0 Å². The van der Waals surface area contributed by atoms with Gasteiger partial charge in [-0.2, -0.15) is 0 Å². The molecule has 70 valence electrons. The molecule has 0 aromatic carbocycles. The summed E-state index contributed by atoms with van der Waals surface area (Å²) < 4.78 is 0. The van der Waals surface area contributed by atoms with Gasteiger partial charge in [0, 0.05) is 17.7 Å². The molecule has 0 radical (unpaired) electrons. The minimum atomic E-state index is -0.721. The van der Waals surface area contributed by atoms with E-state index in [1.165, 1.54) is 0 Å². The second-order valence-corrected chi connectivity index (χ2v) is 4.15. The number of fused-ring (bicyclic) bond motifs is 1. The predicted octanol–water partition coefficient (Wildman–Crippen LogP) is 0.785. The van der Waals surface area contributed by atoms with Crippen molar-refractivity contribution in [2.75, 3.05) is 0 Å². The van der Waals surface area contributed by atoms with Crippen molar-refractivity contribution in [2.45, 2.75) is 31.8 Å². The summed E-state index contributed by atoms with van der Waals surface area (Å²) >= 11 is 0. The lowest BCUT2D eigenvalue weighted by Gasteiger charge is -2.37. The van der Waals surface area contributed by atoms with E-state index in [-0.39, 0.29) is 11.5 Å². The zero-order valence-corrected chi connectivity index (χ0v) is 7.79. The average molecular weight is 179 g/mol. The highest BCUT2D eigenvalue weighted by Crippen LogP contribution is 2.39. The first-order chi connectivity index (χ1) is 6.00. The number of pyridine rings is 1. The van der Waals surface area contributed by atoms with Crippen LogP contribution in [0.2, 0.25) is 0 Å². The Balaban J connectivity index is 2.43. The van der Waals surface area contributed by atoms with Gasteiger partial charge in [0.25, 0.3) is 5.56 Å².